The van der Waals surface area contributed by atoms with E-state index in [-0.39, 0.29) is 11.4 Å². The molecule has 15 heavy (non-hydrogen) atoms. The number of amides is 1. The molecule has 1 saturated heterocycles. The van der Waals surface area contributed by atoms with Crippen LogP contribution in [-0.4, -0.2) is 43.0 Å². The molecular formula is C11H23N3O. The summed E-state index contributed by atoms with van der Waals surface area (Å²) in [6.45, 7) is 6.53. The van der Waals surface area contributed by atoms with E-state index in [2.05, 4.69) is 17.3 Å². The molecule has 1 unspecified atom stereocenters. The summed E-state index contributed by atoms with van der Waals surface area (Å²) in [5, 5.41) is 2.88. The zero-order valence-corrected chi connectivity index (χ0v) is 10.0. The van der Waals surface area contributed by atoms with Crippen LogP contribution in [-0.2, 0) is 4.79 Å². The second kappa shape index (κ2) is 4.94. The van der Waals surface area contributed by atoms with Crippen molar-refractivity contribution in [2.45, 2.75) is 32.2 Å². The van der Waals surface area contributed by atoms with E-state index < -0.39 is 0 Å². The lowest BCUT2D eigenvalue weighted by Gasteiger charge is -2.19. The van der Waals surface area contributed by atoms with Crippen molar-refractivity contribution in [2.24, 2.45) is 11.7 Å². The van der Waals surface area contributed by atoms with E-state index in [0.717, 1.165) is 19.5 Å². The highest BCUT2D eigenvalue weighted by Crippen LogP contribution is 2.17. The first-order valence-electron chi connectivity index (χ1n) is 5.61. The minimum atomic E-state index is -0.317. The first-order valence-corrected chi connectivity index (χ1v) is 5.61. The Kier molecular flexibility index (Phi) is 4.11. The van der Waals surface area contributed by atoms with E-state index in [0.29, 0.717) is 18.9 Å². The monoisotopic (exact) mass is 213 g/mol. The summed E-state index contributed by atoms with van der Waals surface area (Å²) in [6.07, 6.45) is 1.77. The van der Waals surface area contributed by atoms with Crippen molar-refractivity contribution in [1.29, 1.82) is 0 Å². The van der Waals surface area contributed by atoms with Crippen LogP contribution < -0.4 is 11.1 Å². The largest absolute Gasteiger partial charge is 0.354 e. The molecule has 1 heterocycles. The van der Waals surface area contributed by atoms with Gasteiger partial charge in [0.25, 0.3) is 0 Å². The molecule has 0 aliphatic carbocycles. The molecule has 88 valence electrons. The van der Waals surface area contributed by atoms with E-state index in [1.54, 1.807) is 0 Å². The lowest BCUT2D eigenvalue weighted by Crippen LogP contribution is -2.45. The van der Waals surface area contributed by atoms with Gasteiger partial charge in [0.1, 0.15) is 0 Å². The normalized spacial score (nSPS) is 23.1. The van der Waals surface area contributed by atoms with Gasteiger partial charge in [-0.2, -0.15) is 0 Å². The lowest BCUT2D eigenvalue weighted by molar-refractivity contribution is -0.122. The van der Waals surface area contributed by atoms with E-state index in [9.17, 15) is 4.79 Å². The van der Waals surface area contributed by atoms with Crippen molar-refractivity contribution in [2.75, 3.05) is 26.7 Å². The van der Waals surface area contributed by atoms with Crippen molar-refractivity contribution < 1.29 is 4.79 Å². The summed E-state index contributed by atoms with van der Waals surface area (Å²) < 4.78 is 0. The summed E-state index contributed by atoms with van der Waals surface area (Å²) in [5.74, 6) is 0.657. The minimum Gasteiger partial charge on any atom is -0.354 e. The van der Waals surface area contributed by atoms with Gasteiger partial charge in [0, 0.05) is 25.0 Å². The standard InChI is InChI=1S/C11H23N3O/c1-11(2,12)8-13-10(15)6-9-4-5-14(3)7-9/h9H,4-8,12H2,1-3H3,(H,13,15). The quantitative estimate of drug-likeness (QED) is 0.700. The van der Waals surface area contributed by atoms with Gasteiger partial charge < -0.3 is 16.0 Å². The highest BCUT2D eigenvalue weighted by molar-refractivity contribution is 5.76. The Morgan fingerprint density at radius 3 is 2.73 bits per heavy atom. The molecule has 3 N–H and O–H groups in total. The van der Waals surface area contributed by atoms with Crippen LogP contribution in [0.2, 0.25) is 0 Å². The molecule has 1 atom stereocenters. The van der Waals surface area contributed by atoms with Gasteiger partial charge in [0.05, 0.1) is 0 Å². The predicted molar refractivity (Wildman–Crippen MR) is 61.5 cm³/mol. The summed E-state index contributed by atoms with van der Waals surface area (Å²) >= 11 is 0. The van der Waals surface area contributed by atoms with Crippen LogP contribution in [0, 0.1) is 5.92 Å². The maximum atomic E-state index is 11.6. The third kappa shape index (κ3) is 5.14. The van der Waals surface area contributed by atoms with Gasteiger partial charge in [0.2, 0.25) is 5.91 Å². The topological polar surface area (TPSA) is 58.4 Å². The van der Waals surface area contributed by atoms with Crippen molar-refractivity contribution >= 4 is 5.91 Å². The van der Waals surface area contributed by atoms with Gasteiger partial charge in [-0.25, -0.2) is 0 Å². The average Bonchev–Trinajstić information content (AvgIpc) is 2.47. The smallest absolute Gasteiger partial charge is 0.220 e. The highest BCUT2D eigenvalue weighted by Gasteiger charge is 2.22. The molecule has 0 spiro atoms. The van der Waals surface area contributed by atoms with Crippen LogP contribution in [0.15, 0.2) is 0 Å². The Morgan fingerprint density at radius 2 is 2.27 bits per heavy atom. The molecule has 0 radical (unpaired) electrons. The Labute approximate surface area is 92.2 Å². The summed E-state index contributed by atoms with van der Waals surface area (Å²) in [5.41, 5.74) is 5.47. The molecule has 1 aliphatic rings. The number of nitrogens with two attached hydrogens (primary N) is 1. The van der Waals surface area contributed by atoms with Crippen LogP contribution in [0.3, 0.4) is 0 Å². The molecule has 0 aromatic rings. The molecule has 4 heteroatoms. The maximum absolute atomic E-state index is 11.6. The summed E-state index contributed by atoms with van der Waals surface area (Å²) in [7, 11) is 2.10. The molecule has 1 rings (SSSR count). The third-order valence-corrected chi connectivity index (χ3v) is 2.70. The first-order chi connectivity index (χ1) is 6.87. The third-order valence-electron chi connectivity index (χ3n) is 2.70. The van der Waals surface area contributed by atoms with E-state index >= 15 is 0 Å². The lowest BCUT2D eigenvalue weighted by atomic mass is 10.0. The number of carbonyl (C=O) groups excluding carboxylic acids is 1. The van der Waals surface area contributed by atoms with Gasteiger partial charge in [-0.15, -0.1) is 0 Å². The fourth-order valence-corrected chi connectivity index (χ4v) is 1.85. The van der Waals surface area contributed by atoms with Crippen molar-refractivity contribution in [3.05, 3.63) is 0 Å². The molecular weight excluding hydrogens is 190 g/mol. The first kappa shape index (κ1) is 12.5. The average molecular weight is 213 g/mol. The van der Waals surface area contributed by atoms with Crippen molar-refractivity contribution in [3.63, 3.8) is 0 Å². The number of likely N-dealkylation sites (tertiary alicyclic amines) is 1. The molecule has 0 bridgehead atoms. The summed E-state index contributed by atoms with van der Waals surface area (Å²) in [4.78, 5) is 13.8. The molecule has 0 aromatic heterocycles. The zero-order valence-electron chi connectivity index (χ0n) is 10.0. The van der Waals surface area contributed by atoms with Gasteiger partial charge in [-0.3, -0.25) is 4.79 Å². The highest BCUT2D eigenvalue weighted by atomic mass is 16.1. The van der Waals surface area contributed by atoms with Gasteiger partial charge in [-0.1, -0.05) is 0 Å². The summed E-state index contributed by atoms with van der Waals surface area (Å²) in [6, 6.07) is 0. The number of rotatable bonds is 4. The molecule has 1 aliphatic heterocycles. The van der Waals surface area contributed by atoms with Crippen LogP contribution >= 0.6 is 0 Å². The Balaban J connectivity index is 2.19. The van der Waals surface area contributed by atoms with Crippen molar-refractivity contribution in [1.82, 2.24) is 10.2 Å². The number of nitrogens with zero attached hydrogens (tertiary/aromatic N) is 1. The predicted octanol–water partition coefficient (Wildman–Crippen LogP) is 0.182. The van der Waals surface area contributed by atoms with Crippen molar-refractivity contribution in [3.8, 4) is 0 Å². The van der Waals surface area contributed by atoms with Gasteiger partial charge >= 0.3 is 0 Å². The number of carbonyl (C=O) groups is 1. The fraction of sp³-hybridized carbons (Fsp3) is 0.909. The van der Waals surface area contributed by atoms with Gasteiger partial charge in [0.15, 0.2) is 0 Å². The minimum absolute atomic E-state index is 0.133. The number of nitrogens with one attached hydrogen (secondary N) is 1. The Morgan fingerprint density at radius 1 is 1.60 bits per heavy atom. The molecule has 4 nitrogen and oxygen atoms in total. The number of hydrogen-bond donors (Lipinski definition) is 2. The Bertz CT molecular complexity index is 222. The zero-order chi connectivity index (χ0) is 11.5. The van der Waals surface area contributed by atoms with E-state index in [1.165, 1.54) is 0 Å². The molecule has 0 saturated carbocycles. The second-order valence-corrected chi connectivity index (χ2v) is 5.39. The molecule has 1 fully saturated rings. The van der Waals surface area contributed by atoms with E-state index in [1.807, 2.05) is 13.8 Å². The second-order valence-electron chi connectivity index (χ2n) is 5.39. The SMILES string of the molecule is CN1CCC(CC(=O)NCC(C)(C)N)C1. The fourth-order valence-electron chi connectivity index (χ4n) is 1.85. The van der Waals surface area contributed by atoms with Crippen LogP contribution in [0.25, 0.3) is 0 Å². The van der Waals surface area contributed by atoms with Crippen LogP contribution in [0.5, 0.6) is 0 Å². The maximum Gasteiger partial charge on any atom is 0.220 e. The van der Waals surface area contributed by atoms with Crippen LogP contribution in [0.4, 0.5) is 0 Å². The van der Waals surface area contributed by atoms with Crippen LogP contribution in [0.1, 0.15) is 26.7 Å². The van der Waals surface area contributed by atoms with Gasteiger partial charge in [-0.05, 0) is 39.8 Å². The Hall–Kier alpha value is -0.610. The van der Waals surface area contributed by atoms with E-state index in [4.69, 9.17) is 5.73 Å². The number of hydrogen-bond acceptors (Lipinski definition) is 3. The molecule has 0 aromatic carbocycles. The molecule has 1 amide bonds.